The van der Waals surface area contributed by atoms with E-state index in [1.165, 1.54) is 7.11 Å². The molecule has 0 saturated heterocycles. The maximum atomic E-state index is 10.9. The number of hydrogen-bond donors (Lipinski definition) is 1. The van der Waals surface area contributed by atoms with Gasteiger partial charge in [0, 0.05) is 12.5 Å². The number of rotatable bonds is 2. The van der Waals surface area contributed by atoms with E-state index in [0.717, 1.165) is 0 Å². The molecule has 1 N–H and O–H groups in total. The zero-order chi connectivity index (χ0) is 8.27. The van der Waals surface area contributed by atoms with Gasteiger partial charge in [0.05, 0.1) is 13.0 Å². The fourth-order valence-corrected chi connectivity index (χ4v) is 1.24. The Bertz CT molecular complexity index is 174. The SMILES string of the molecule is COC(=O)C1C=CC(CO)C1. The Morgan fingerprint density at radius 3 is 2.91 bits per heavy atom. The van der Waals surface area contributed by atoms with Crippen LogP contribution < -0.4 is 0 Å². The molecule has 0 radical (unpaired) electrons. The van der Waals surface area contributed by atoms with Crippen LogP contribution in [0.5, 0.6) is 0 Å². The van der Waals surface area contributed by atoms with Crippen molar-refractivity contribution in [2.45, 2.75) is 6.42 Å². The van der Waals surface area contributed by atoms with Gasteiger partial charge in [-0.1, -0.05) is 12.2 Å². The van der Waals surface area contributed by atoms with Crippen molar-refractivity contribution in [1.29, 1.82) is 0 Å². The van der Waals surface area contributed by atoms with Gasteiger partial charge in [0.1, 0.15) is 0 Å². The zero-order valence-electron chi connectivity index (χ0n) is 6.49. The summed E-state index contributed by atoms with van der Waals surface area (Å²) >= 11 is 0. The van der Waals surface area contributed by atoms with Crippen LogP contribution in [0.2, 0.25) is 0 Å². The molecule has 1 rings (SSSR count). The Kier molecular flexibility index (Phi) is 2.65. The molecule has 0 fully saturated rings. The first-order valence-corrected chi connectivity index (χ1v) is 3.65. The van der Waals surface area contributed by atoms with E-state index >= 15 is 0 Å². The molecule has 62 valence electrons. The largest absolute Gasteiger partial charge is 0.469 e. The van der Waals surface area contributed by atoms with Gasteiger partial charge in [0.25, 0.3) is 0 Å². The molecule has 0 heterocycles. The van der Waals surface area contributed by atoms with Crippen molar-refractivity contribution in [1.82, 2.24) is 0 Å². The number of aliphatic hydroxyl groups is 1. The maximum absolute atomic E-state index is 10.9. The van der Waals surface area contributed by atoms with Crippen LogP contribution in [-0.2, 0) is 9.53 Å². The molecule has 0 spiro atoms. The van der Waals surface area contributed by atoms with E-state index in [1.54, 1.807) is 6.08 Å². The van der Waals surface area contributed by atoms with Gasteiger partial charge in [0.2, 0.25) is 0 Å². The van der Waals surface area contributed by atoms with Gasteiger partial charge in [0.15, 0.2) is 0 Å². The molecule has 0 aliphatic heterocycles. The van der Waals surface area contributed by atoms with Gasteiger partial charge in [-0.05, 0) is 6.42 Å². The first kappa shape index (κ1) is 8.27. The number of hydrogen-bond acceptors (Lipinski definition) is 3. The lowest BCUT2D eigenvalue weighted by atomic mass is 10.0. The van der Waals surface area contributed by atoms with E-state index in [1.807, 2.05) is 6.08 Å². The van der Waals surface area contributed by atoms with Gasteiger partial charge in [-0.25, -0.2) is 0 Å². The highest BCUT2D eigenvalue weighted by Crippen LogP contribution is 2.23. The van der Waals surface area contributed by atoms with E-state index < -0.39 is 0 Å². The molecule has 1 aliphatic rings. The fraction of sp³-hybridized carbons (Fsp3) is 0.625. The first-order chi connectivity index (χ1) is 5.27. The van der Waals surface area contributed by atoms with E-state index in [4.69, 9.17) is 5.11 Å². The van der Waals surface area contributed by atoms with Crippen LogP contribution in [0.15, 0.2) is 12.2 Å². The number of esters is 1. The van der Waals surface area contributed by atoms with Crippen molar-refractivity contribution in [3.8, 4) is 0 Å². The molecule has 3 nitrogen and oxygen atoms in total. The summed E-state index contributed by atoms with van der Waals surface area (Å²) in [5.41, 5.74) is 0. The summed E-state index contributed by atoms with van der Waals surface area (Å²) in [6, 6.07) is 0. The second-order valence-corrected chi connectivity index (χ2v) is 2.69. The summed E-state index contributed by atoms with van der Waals surface area (Å²) in [6.45, 7) is 0.115. The first-order valence-electron chi connectivity index (χ1n) is 3.65. The summed E-state index contributed by atoms with van der Waals surface area (Å²) in [6.07, 6.45) is 4.34. The van der Waals surface area contributed by atoms with Crippen LogP contribution in [-0.4, -0.2) is 24.8 Å². The van der Waals surface area contributed by atoms with Crippen LogP contribution in [0.25, 0.3) is 0 Å². The van der Waals surface area contributed by atoms with Crippen molar-refractivity contribution < 1.29 is 14.6 Å². The zero-order valence-corrected chi connectivity index (χ0v) is 6.49. The third-order valence-corrected chi connectivity index (χ3v) is 1.91. The molecule has 0 aromatic heterocycles. The number of methoxy groups -OCH3 is 1. The maximum Gasteiger partial charge on any atom is 0.312 e. The number of ether oxygens (including phenoxy) is 1. The molecule has 0 bridgehead atoms. The minimum atomic E-state index is -0.211. The topological polar surface area (TPSA) is 46.5 Å². The van der Waals surface area contributed by atoms with Gasteiger partial charge < -0.3 is 9.84 Å². The minimum Gasteiger partial charge on any atom is -0.469 e. The summed E-state index contributed by atoms with van der Waals surface area (Å²) < 4.78 is 4.56. The smallest absolute Gasteiger partial charge is 0.312 e. The van der Waals surface area contributed by atoms with Crippen LogP contribution in [0.3, 0.4) is 0 Å². The van der Waals surface area contributed by atoms with Crippen molar-refractivity contribution in [3.63, 3.8) is 0 Å². The van der Waals surface area contributed by atoms with E-state index in [0.29, 0.717) is 6.42 Å². The quantitative estimate of drug-likeness (QED) is 0.463. The van der Waals surface area contributed by atoms with E-state index in [9.17, 15) is 4.79 Å². The number of carbonyl (C=O) groups is 1. The van der Waals surface area contributed by atoms with Gasteiger partial charge in [-0.2, -0.15) is 0 Å². The van der Waals surface area contributed by atoms with Crippen molar-refractivity contribution in [2.75, 3.05) is 13.7 Å². The molecule has 0 saturated carbocycles. The molecule has 2 atom stereocenters. The summed E-state index contributed by atoms with van der Waals surface area (Å²) in [4.78, 5) is 10.9. The third-order valence-electron chi connectivity index (χ3n) is 1.91. The molecular weight excluding hydrogens is 144 g/mol. The number of aliphatic hydroxyl groups excluding tert-OH is 1. The Morgan fingerprint density at radius 1 is 1.73 bits per heavy atom. The molecule has 1 aliphatic carbocycles. The lowest BCUT2D eigenvalue weighted by Crippen LogP contribution is -2.13. The molecule has 11 heavy (non-hydrogen) atoms. The summed E-state index contributed by atoms with van der Waals surface area (Å²) in [5, 5.41) is 8.73. The van der Waals surface area contributed by atoms with Crippen molar-refractivity contribution >= 4 is 5.97 Å². The van der Waals surface area contributed by atoms with E-state index in [2.05, 4.69) is 4.74 Å². The van der Waals surface area contributed by atoms with Gasteiger partial charge in [-0.15, -0.1) is 0 Å². The monoisotopic (exact) mass is 156 g/mol. The molecule has 0 aromatic carbocycles. The summed E-state index contributed by atoms with van der Waals surface area (Å²) in [7, 11) is 1.38. The van der Waals surface area contributed by atoms with E-state index in [-0.39, 0.29) is 24.4 Å². The van der Waals surface area contributed by atoms with Crippen molar-refractivity contribution in [2.24, 2.45) is 11.8 Å². The average Bonchev–Trinajstić information content (AvgIpc) is 2.50. The molecule has 0 amide bonds. The highest BCUT2D eigenvalue weighted by Gasteiger charge is 2.24. The Hall–Kier alpha value is -0.830. The molecular formula is C8H12O3. The summed E-state index contributed by atoms with van der Waals surface area (Å²) in [5.74, 6) is -0.214. The standard InChI is InChI=1S/C8H12O3/c1-11-8(10)7-3-2-6(4-7)5-9/h2-3,6-7,9H,4-5H2,1H3. The lowest BCUT2D eigenvalue weighted by molar-refractivity contribution is -0.143. The second-order valence-electron chi connectivity index (χ2n) is 2.69. The lowest BCUT2D eigenvalue weighted by Gasteiger charge is -2.06. The second kappa shape index (κ2) is 3.53. The molecule has 3 heteroatoms. The van der Waals surface area contributed by atoms with Crippen LogP contribution in [0, 0.1) is 11.8 Å². The Labute approximate surface area is 65.7 Å². The predicted octanol–water partition coefficient (Wildman–Crippen LogP) is 0.344. The number of carbonyl (C=O) groups excluding carboxylic acids is 1. The van der Waals surface area contributed by atoms with Crippen LogP contribution in [0.1, 0.15) is 6.42 Å². The molecule has 0 aromatic rings. The van der Waals surface area contributed by atoms with Crippen LogP contribution >= 0.6 is 0 Å². The van der Waals surface area contributed by atoms with Gasteiger partial charge >= 0.3 is 5.97 Å². The third kappa shape index (κ3) is 1.80. The predicted molar refractivity (Wildman–Crippen MR) is 39.8 cm³/mol. The highest BCUT2D eigenvalue weighted by atomic mass is 16.5. The normalized spacial score (nSPS) is 28.9. The molecule has 2 unspecified atom stereocenters. The fourth-order valence-electron chi connectivity index (χ4n) is 1.24. The Balaban J connectivity index is 2.43. The van der Waals surface area contributed by atoms with Crippen LogP contribution in [0.4, 0.5) is 0 Å². The van der Waals surface area contributed by atoms with Crippen molar-refractivity contribution in [3.05, 3.63) is 12.2 Å². The minimum absolute atomic E-state index is 0.115. The average molecular weight is 156 g/mol. The highest BCUT2D eigenvalue weighted by molar-refractivity contribution is 5.74. The van der Waals surface area contributed by atoms with Gasteiger partial charge in [-0.3, -0.25) is 4.79 Å². The Morgan fingerprint density at radius 2 is 2.45 bits per heavy atom.